The first kappa shape index (κ1) is 9.74. The molecule has 13 heavy (non-hydrogen) atoms. The number of hydrogen-bond donors (Lipinski definition) is 2. The number of amides is 1. The van der Waals surface area contributed by atoms with Gasteiger partial charge < -0.3 is 10.4 Å². The summed E-state index contributed by atoms with van der Waals surface area (Å²) in [6, 6.07) is 5.54. The first-order valence-electron chi connectivity index (χ1n) is 4.11. The summed E-state index contributed by atoms with van der Waals surface area (Å²) in [4.78, 5) is 10.8. The molecule has 0 aliphatic carbocycles. The molecule has 1 amide bonds. The zero-order chi connectivity index (χ0) is 9.84. The van der Waals surface area contributed by atoms with Crippen LogP contribution in [0.5, 0.6) is 0 Å². The molecule has 3 heteroatoms. The molecule has 0 spiro atoms. The SMILES string of the molecule is CC(=O)Nc1ccc(C)cc1CO. The van der Waals surface area contributed by atoms with Gasteiger partial charge in [0.05, 0.1) is 6.61 Å². The van der Waals surface area contributed by atoms with Gasteiger partial charge in [0, 0.05) is 18.2 Å². The Bertz CT molecular complexity index is 321. The van der Waals surface area contributed by atoms with Gasteiger partial charge in [-0.2, -0.15) is 0 Å². The van der Waals surface area contributed by atoms with Crippen molar-refractivity contribution in [2.24, 2.45) is 0 Å². The number of nitrogens with one attached hydrogen (secondary N) is 1. The second kappa shape index (κ2) is 4.05. The van der Waals surface area contributed by atoms with Crippen molar-refractivity contribution in [1.82, 2.24) is 0 Å². The second-order valence-electron chi connectivity index (χ2n) is 3.00. The van der Waals surface area contributed by atoms with E-state index in [9.17, 15) is 4.79 Å². The van der Waals surface area contributed by atoms with Crippen LogP contribution < -0.4 is 5.32 Å². The lowest BCUT2D eigenvalue weighted by atomic mass is 10.1. The number of rotatable bonds is 2. The Morgan fingerprint density at radius 1 is 1.54 bits per heavy atom. The quantitative estimate of drug-likeness (QED) is 0.721. The summed E-state index contributed by atoms with van der Waals surface area (Å²) in [5, 5.41) is 11.7. The van der Waals surface area contributed by atoms with Crippen molar-refractivity contribution in [2.45, 2.75) is 20.5 Å². The van der Waals surface area contributed by atoms with E-state index in [1.54, 1.807) is 6.07 Å². The number of anilines is 1. The van der Waals surface area contributed by atoms with E-state index in [0.717, 1.165) is 11.1 Å². The lowest BCUT2D eigenvalue weighted by molar-refractivity contribution is -0.114. The molecule has 0 aliphatic rings. The molecule has 0 aromatic heterocycles. The molecule has 1 aromatic rings. The van der Waals surface area contributed by atoms with Crippen molar-refractivity contribution >= 4 is 11.6 Å². The van der Waals surface area contributed by atoms with Crippen LogP contribution in [0, 0.1) is 6.92 Å². The van der Waals surface area contributed by atoms with Crippen LogP contribution in [0.25, 0.3) is 0 Å². The van der Waals surface area contributed by atoms with Gasteiger partial charge in [0.1, 0.15) is 0 Å². The third kappa shape index (κ3) is 2.56. The Morgan fingerprint density at radius 3 is 2.77 bits per heavy atom. The number of carbonyl (C=O) groups is 1. The average Bonchev–Trinajstić information content (AvgIpc) is 2.07. The van der Waals surface area contributed by atoms with Crippen molar-refractivity contribution in [3.8, 4) is 0 Å². The van der Waals surface area contributed by atoms with Gasteiger partial charge in [-0.3, -0.25) is 4.79 Å². The van der Waals surface area contributed by atoms with Gasteiger partial charge in [0.15, 0.2) is 0 Å². The first-order chi connectivity index (χ1) is 6.13. The van der Waals surface area contributed by atoms with Gasteiger partial charge in [0.2, 0.25) is 5.91 Å². The van der Waals surface area contributed by atoms with E-state index < -0.39 is 0 Å². The molecule has 0 radical (unpaired) electrons. The molecular weight excluding hydrogens is 166 g/mol. The fourth-order valence-electron chi connectivity index (χ4n) is 1.16. The van der Waals surface area contributed by atoms with Crippen molar-refractivity contribution in [1.29, 1.82) is 0 Å². The molecule has 0 saturated heterocycles. The summed E-state index contributed by atoms with van der Waals surface area (Å²) in [6.07, 6.45) is 0. The Morgan fingerprint density at radius 2 is 2.23 bits per heavy atom. The van der Waals surface area contributed by atoms with Crippen LogP contribution in [0.1, 0.15) is 18.1 Å². The Kier molecular flexibility index (Phi) is 3.03. The van der Waals surface area contributed by atoms with E-state index in [0.29, 0.717) is 5.69 Å². The molecule has 2 N–H and O–H groups in total. The molecule has 3 nitrogen and oxygen atoms in total. The van der Waals surface area contributed by atoms with Crippen LogP contribution in [0.2, 0.25) is 0 Å². The van der Waals surface area contributed by atoms with E-state index in [-0.39, 0.29) is 12.5 Å². The van der Waals surface area contributed by atoms with E-state index >= 15 is 0 Å². The molecule has 70 valence electrons. The van der Waals surface area contributed by atoms with Crippen molar-refractivity contribution < 1.29 is 9.90 Å². The van der Waals surface area contributed by atoms with E-state index in [1.807, 2.05) is 19.1 Å². The minimum Gasteiger partial charge on any atom is -0.392 e. The van der Waals surface area contributed by atoms with Gasteiger partial charge in [-0.05, 0) is 13.0 Å². The molecule has 1 aromatic carbocycles. The first-order valence-corrected chi connectivity index (χ1v) is 4.11. The van der Waals surface area contributed by atoms with E-state index in [2.05, 4.69) is 5.32 Å². The number of hydrogen-bond acceptors (Lipinski definition) is 2. The van der Waals surface area contributed by atoms with Crippen LogP contribution >= 0.6 is 0 Å². The highest BCUT2D eigenvalue weighted by atomic mass is 16.3. The molecular formula is C10H13NO2. The average molecular weight is 179 g/mol. The van der Waals surface area contributed by atoms with Gasteiger partial charge in [-0.15, -0.1) is 0 Å². The van der Waals surface area contributed by atoms with Gasteiger partial charge in [-0.25, -0.2) is 0 Å². The molecule has 1 rings (SSSR count). The van der Waals surface area contributed by atoms with E-state index in [1.165, 1.54) is 6.92 Å². The zero-order valence-electron chi connectivity index (χ0n) is 7.79. The molecule has 0 aliphatic heterocycles. The number of aliphatic hydroxyl groups excluding tert-OH is 1. The molecule has 0 fully saturated rings. The molecule has 0 unspecified atom stereocenters. The molecule has 0 atom stereocenters. The summed E-state index contributed by atoms with van der Waals surface area (Å²) in [6.45, 7) is 3.33. The summed E-state index contributed by atoms with van der Waals surface area (Å²) in [7, 11) is 0. The largest absolute Gasteiger partial charge is 0.392 e. The maximum Gasteiger partial charge on any atom is 0.221 e. The lowest BCUT2D eigenvalue weighted by Gasteiger charge is -2.08. The third-order valence-corrected chi connectivity index (χ3v) is 1.74. The minimum atomic E-state index is -0.126. The number of aliphatic hydroxyl groups is 1. The highest BCUT2D eigenvalue weighted by Gasteiger charge is 2.02. The van der Waals surface area contributed by atoms with Crippen LogP contribution in [-0.2, 0) is 11.4 Å². The van der Waals surface area contributed by atoms with Crippen LogP contribution in [-0.4, -0.2) is 11.0 Å². The van der Waals surface area contributed by atoms with Crippen molar-refractivity contribution in [3.63, 3.8) is 0 Å². The molecule has 0 saturated carbocycles. The predicted octanol–water partition coefficient (Wildman–Crippen LogP) is 1.45. The molecule has 0 heterocycles. The normalized spacial score (nSPS) is 9.77. The van der Waals surface area contributed by atoms with Gasteiger partial charge in [-0.1, -0.05) is 17.7 Å². The Balaban J connectivity index is 2.99. The second-order valence-corrected chi connectivity index (χ2v) is 3.00. The fourth-order valence-corrected chi connectivity index (χ4v) is 1.16. The third-order valence-electron chi connectivity index (χ3n) is 1.74. The van der Waals surface area contributed by atoms with Crippen LogP contribution in [0.3, 0.4) is 0 Å². The standard InChI is InChI=1S/C10H13NO2/c1-7-3-4-10(11-8(2)13)9(5-7)6-12/h3-5,12H,6H2,1-2H3,(H,11,13). The lowest BCUT2D eigenvalue weighted by Crippen LogP contribution is -2.08. The number of carbonyl (C=O) groups excluding carboxylic acids is 1. The topological polar surface area (TPSA) is 49.3 Å². The highest BCUT2D eigenvalue weighted by molar-refractivity contribution is 5.89. The number of benzene rings is 1. The maximum absolute atomic E-state index is 10.8. The zero-order valence-corrected chi connectivity index (χ0v) is 7.79. The maximum atomic E-state index is 10.8. The van der Waals surface area contributed by atoms with Gasteiger partial charge >= 0.3 is 0 Å². The number of aryl methyl sites for hydroxylation is 1. The van der Waals surface area contributed by atoms with Gasteiger partial charge in [0.25, 0.3) is 0 Å². The summed E-state index contributed by atoms with van der Waals surface area (Å²) < 4.78 is 0. The molecule has 0 bridgehead atoms. The Labute approximate surface area is 77.4 Å². The predicted molar refractivity (Wildman–Crippen MR) is 51.4 cm³/mol. The monoisotopic (exact) mass is 179 g/mol. The van der Waals surface area contributed by atoms with Crippen molar-refractivity contribution in [3.05, 3.63) is 29.3 Å². The smallest absolute Gasteiger partial charge is 0.221 e. The van der Waals surface area contributed by atoms with E-state index in [4.69, 9.17) is 5.11 Å². The fraction of sp³-hybridized carbons (Fsp3) is 0.300. The summed E-state index contributed by atoms with van der Waals surface area (Å²) in [5.41, 5.74) is 2.49. The van der Waals surface area contributed by atoms with Crippen LogP contribution in [0.4, 0.5) is 5.69 Å². The summed E-state index contributed by atoms with van der Waals surface area (Å²) >= 11 is 0. The van der Waals surface area contributed by atoms with Crippen LogP contribution in [0.15, 0.2) is 18.2 Å². The summed E-state index contributed by atoms with van der Waals surface area (Å²) in [5.74, 6) is -0.126. The van der Waals surface area contributed by atoms with Crippen molar-refractivity contribution in [2.75, 3.05) is 5.32 Å². The Hall–Kier alpha value is -1.35. The highest BCUT2D eigenvalue weighted by Crippen LogP contribution is 2.16. The minimum absolute atomic E-state index is 0.0582.